The summed E-state index contributed by atoms with van der Waals surface area (Å²) in [5, 5.41) is 3.11. The van der Waals surface area contributed by atoms with E-state index in [-0.39, 0.29) is 30.6 Å². The molecule has 2 aliphatic rings. The smallest absolute Gasteiger partial charge is 0.231 e. The fourth-order valence-corrected chi connectivity index (χ4v) is 4.18. The lowest BCUT2D eigenvalue weighted by molar-refractivity contribution is -0.122. The maximum atomic E-state index is 12.6. The standard InChI is InChI=1S/C19H19N3O5S/c1-10-17(11(2)23)28-19(20-10)21-18(25)12-7-16(24)22(9-12)13-3-4-14-15(8-13)27-6-5-26-14/h3-4,8,12H,5-7,9H2,1-2H3,(H,20,21,25)/t12-/m0/s1. The molecule has 2 aromatic rings. The molecule has 1 aromatic carbocycles. The van der Waals surface area contributed by atoms with Crippen LogP contribution in [0, 0.1) is 12.8 Å². The first-order valence-electron chi connectivity index (χ1n) is 8.91. The maximum absolute atomic E-state index is 12.6. The first-order valence-corrected chi connectivity index (χ1v) is 9.73. The molecule has 9 heteroatoms. The summed E-state index contributed by atoms with van der Waals surface area (Å²) < 4.78 is 11.1. The predicted molar refractivity (Wildman–Crippen MR) is 103 cm³/mol. The van der Waals surface area contributed by atoms with E-state index < -0.39 is 5.92 Å². The molecule has 1 aromatic heterocycles. The van der Waals surface area contributed by atoms with Gasteiger partial charge < -0.3 is 19.7 Å². The van der Waals surface area contributed by atoms with Crippen molar-refractivity contribution in [3.05, 3.63) is 28.8 Å². The molecule has 1 N–H and O–H groups in total. The van der Waals surface area contributed by atoms with Crippen LogP contribution < -0.4 is 19.7 Å². The molecule has 0 radical (unpaired) electrons. The van der Waals surface area contributed by atoms with Crippen LogP contribution in [0.5, 0.6) is 11.5 Å². The van der Waals surface area contributed by atoms with Crippen LogP contribution >= 0.6 is 11.3 Å². The van der Waals surface area contributed by atoms with Crippen LogP contribution in [-0.4, -0.2) is 42.3 Å². The van der Waals surface area contributed by atoms with E-state index in [1.54, 1.807) is 30.0 Å². The highest BCUT2D eigenvalue weighted by molar-refractivity contribution is 7.17. The number of carbonyl (C=O) groups is 3. The summed E-state index contributed by atoms with van der Waals surface area (Å²) in [6.45, 7) is 4.43. The summed E-state index contributed by atoms with van der Waals surface area (Å²) >= 11 is 1.15. The van der Waals surface area contributed by atoms with Crippen molar-refractivity contribution < 1.29 is 23.9 Å². The molecule has 0 spiro atoms. The highest BCUT2D eigenvalue weighted by atomic mass is 32.1. The lowest BCUT2D eigenvalue weighted by Gasteiger charge is -2.22. The van der Waals surface area contributed by atoms with Crippen LogP contribution in [0.15, 0.2) is 18.2 Å². The fourth-order valence-electron chi connectivity index (χ4n) is 3.32. The monoisotopic (exact) mass is 401 g/mol. The van der Waals surface area contributed by atoms with Crippen molar-refractivity contribution in [1.29, 1.82) is 0 Å². The van der Waals surface area contributed by atoms with Crippen LogP contribution in [0.3, 0.4) is 0 Å². The van der Waals surface area contributed by atoms with Gasteiger partial charge in [-0.05, 0) is 19.1 Å². The van der Waals surface area contributed by atoms with E-state index in [1.165, 1.54) is 6.92 Å². The summed E-state index contributed by atoms with van der Waals surface area (Å²) in [6.07, 6.45) is 0.115. The predicted octanol–water partition coefficient (Wildman–Crippen LogP) is 2.42. The van der Waals surface area contributed by atoms with Crippen LogP contribution in [-0.2, 0) is 9.59 Å². The quantitative estimate of drug-likeness (QED) is 0.790. The maximum Gasteiger partial charge on any atom is 0.231 e. The van der Waals surface area contributed by atoms with Crippen molar-refractivity contribution in [1.82, 2.24) is 4.98 Å². The van der Waals surface area contributed by atoms with E-state index in [1.807, 2.05) is 0 Å². The van der Waals surface area contributed by atoms with Gasteiger partial charge in [0, 0.05) is 31.6 Å². The minimum Gasteiger partial charge on any atom is -0.486 e. The molecule has 8 nitrogen and oxygen atoms in total. The van der Waals surface area contributed by atoms with Gasteiger partial charge in [-0.2, -0.15) is 0 Å². The Morgan fingerprint density at radius 2 is 2.00 bits per heavy atom. The topological polar surface area (TPSA) is 97.8 Å². The highest BCUT2D eigenvalue weighted by Gasteiger charge is 2.36. The molecule has 0 unspecified atom stereocenters. The lowest BCUT2D eigenvalue weighted by atomic mass is 10.1. The van der Waals surface area contributed by atoms with Gasteiger partial charge in [-0.15, -0.1) is 0 Å². The number of carbonyl (C=O) groups excluding carboxylic acids is 3. The number of anilines is 2. The number of benzene rings is 1. The summed E-state index contributed by atoms with van der Waals surface area (Å²) in [5.74, 6) is 0.256. The number of Topliss-reactive ketones (excluding diaryl/α,β-unsaturated/α-hetero) is 1. The van der Waals surface area contributed by atoms with Gasteiger partial charge in [0.1, 0.15) is 13.2 Å². The number of hydrogen-bond acceptors (Lipinski definition) is 7. The Morgan fingerprint density at radius 1 is 1.25 bits per heavy atom. The van der Waals surface area contributed by atoms with Gasteiger partial charge in [-0.1, -0.05) is 11.3 Å². The van der Waals surface area contributed by atoms with Crippen molar-refractivity contribution in [2.75, 3.05) is 30.0 Å². The largest absolute Gasteiger partial charge is 0.486 e. The zero-order valence-electron chi connectivity index (χ0n) is 15.5. The Balaban J connectivity index is 1.46. The number of aromatic nitrogens is 1. The number of nitrogens with zero attached hydrogens (tertiary/aromatic N) is 2. The van der Waals surface area contributed by atoms with E-state index in [2.05, 4.69) is 10.3 Å². The molecule has 1 fully saturated rings. The minimum absolute atomic E-state index is 0.0867. The van der Waals surface area contributed by atoms with Gasteiger partial charge in [0.25, 0.3) is 0 Å². The van der Waals surface area contributed by atoms with Gasteiger partial charge in [0.15, 0.2) is 22.4 Å². The average molecular weight is 401 g/mol. The second-order valence-corrected chi connectivity index (χ2v) is 7.71. The summed E-state index contributed by atoms with van der Waals surface area (Å²) in [5.41, 5.74) is 1.27. The van der Waals surface area contributed by atoms with Crippen LogP contribution in [0.1, 0.15) is 28.7 Å². The first-order chi connectivity index (χ1) is 13.4. The summed E-state index contributed by atoms with van der Waals surface area (Å²) in [7, 11) is 0. The molecule has 2 aliphatic heterocycles. The van der Waals surface area contributed by atoms with Gasteiger partial charge in [0.05, 0.1) is 16.5 Å². The number of thiazole rings is 1. The molecule has 4 rings (SSSR count). The first kappa shape index (κ1) is 18.4. The number of fused-ring (bicyclic) bond motifs is 1. The van der Waals surface area contributed by atoms with Crippen LogP contribution in [0.4, 0.5) is 10.8 Å². The third-order valence-corrected chi connectivity index (χ3v) is 5.85. The minimum atomic E-state index is -0.495. The SMILES string of the molecule is CC(=O)c1sc(NC(=O)[C@H]2CC(=O)N(c3ccc4c(c3)OCCO4)C2)nc1C. The molecular weight excluding hydrogens is 382 g/mol. The van der Waals surface area contributed by atoms with Gasteiger partial charge in [0.2, 0.25) is 11.8 Å². The van der Waals surface area contributed by atoms with Crippen molar-refractivity contribution in [3.8, 4) is 11.5 Å². The number of ketones is 1. The van der Waals surface area contributed by atoms with E-state index in [9.17, 15) is 14.4 Å². The molecule has 28 heavy (non-hydrogen) atoms. The lowest BCUT2D eigenvalue weighted by Crippen LogP contribution is -2.28. The zero-order chi connectivity index (χ0) is 19.8. The molecule has 2 amide bonds. The number of rotatable bonds is 4. The molecule has 0 bridgehead atoms. The summed E-state index contributed by atoms with van der Waals surface area (Å²) in [6, 6.07) is 5.32. The normalized spacial score (nSPS) is 18.3. The Morgan fingerprint density at radius 3 is 2.71 bits per heavy atom. The number of nitrogens with one attached hydrogen (secondary N) is 1. The van der Waals surface area contributed by atoms with Gasteiger partial charge >= 0.3 is 0 Å². The number of ether oxygens (including phenoxy) is 2. The molecule has 146 valence electrons. The zero-order valence-corrected chi connectivity index (χ0v) is 16.3. The Kier molecular flexibility index (Phi) is 4.76. The molecule has 3 heterocycles. The van der Waals surface area contributed by atoms with E-state index >= 15 is 0 Å². The van der Waals surface area contributed by atoms with Gasteiger partial charge in [-0.25, -0.2) is 4.98 Å². The van der Waals surface area contributed by atoms with Crippen molar-refractivity contribution >= 4 is 39.8 Å². The Bertz CT molecular complexity index is 970. The average Bonchev–Trinajstić information content (AvgIpc) is 3.24. The molecule has 1 saturated heterocycles. The van der Waals surface area contributed by atoms with Crippen molar-refractivity contribution in [2.45, 2.75) is 20.3 Å². The number of aryl methyl sites for hydroxylation is 1. The summed E-state index contributed by atoms with van der Waals surface area (Å²) in [4.78, 5) is 43.0. The molecular formula is C19H19N3O5S. The number of hydrogen-bond donors (Lipinski definition) is 1. The van der Waals surface area contributed by atoms with E-state index in [0.29, 0.717) is 46.1 Å². The Labute approximate surface area is 165 Å². The van der Waals surface area contributed by atoms with E-state index in [0.717, 1.165) is 11.3 Å². The van der Waals surface area contributed by atoms with Gasteiger partial charge in [-0.3, -0.25) is 14.4 Å². The van der Waals surface area contributed by atoms with E-state index in [4.69, 9.17) is 9.47 Å². The van der Waals surface area contributed by atoms with Crippen molar-refractivity contribution in [2.24, 2.45) is 5.92 Å². The second-order valence-electron chi connectivity index (χ2n) is 6.71. The molecule has 0 aliphatic carbocycles. The van der Waals surface area contributed by atoms with Crippen LogP contribution in [0.2, 0.25) is 0 Å². The second kappa shape index (κ2) is 7.23. The third kappa shape index (κ3) is 3.45. The molecule has 1 atom stereocenters. The Hall–Kier alpha value is -2.94. The third-order valence-electron chi connectivity index (χ3n) is 4.68. The van der Waals surface area contributed by atoms with Crippen LogP contribution in [0.25, 0.3) is 0 Å². The molecule has 0 saturated carbocycles. The fraction of sp³-hybridized carbons (Fsp3) is 0.368. The van der Waals surface area contributed by atoms with Crippen molar-refractivity contribution in [3.63, 3.8) is 0 Å². The highest BCUT2D eigenvalue weighted by Crippen LogP contribution is 2.36. The number of amides is 2.